The van der Waals surface area contributed by atoms with Crippen LogP contribution in [-0.4, -0.2) is 25.5 Å². The molecule has 2 aromatic rings. The van der Waals surface area contributed by atoms with Crippen LogP contribution in [0.5, 0.6) is 5.88 Å². The van der Waals surface area contributed by atoms with Gasteiger partial charge in [0.25, 0.3) is 10.0 Å². The van der Waals surface area contributed by atoms with Crippen molar-refractivity contribution in [2.75, 3.05) is 17.6 Å². The predicted molar refractivity (Wildman–Crippen MR) is 87.4 cm³/mol. The van der Waals surface area contributed by atoms with Crippen LogP contribution in [0.1, 0.15) is 5.56 Å². The first-order valence-corrected chi connectivity index (χ1v) is 8.25. The Balaban J connectivity index is 2.52. The maximum absolute atomic E-state index is 12.5. The van der Waals surface area contributed by atoms with Gasteiger partial charge in [-0.15, -0.1) is 0 Å². The number of nitrogens with two attached hydrogens (primary N) is 1. The summed E-state index contributed by atoms with van der Waals surface area (Å²) in [5.74, 6) is -0.0493. The second kappa shape index (κ2) is 6.11. The molecule has 0 aliphatic heterocycles. The second-order valence-corrected chi connectivity index (χ2v) is 6.77. The van der Waals surface area contributed by atoms with Crippen molar-refractivity contribution in [2.45, 2.75) is 11.8 Å². The molecule has 0 aliphatic rings. The summed E-state index contributed by atoms with van der Waals surface area (Å²) in [6.45, 7) is 1.61. The molecule has 118 valence electrons. The van der Waals surface area contributed by atoms with Crippen LogP contribution in [0.3, 0.4) is 0 Å². The van der Waals surface area contributed by atoms with E-state index in [1.165, 1.54) is 13.2 Å². The fourth-order valence-electron chi connectivity index (χ4n) is 1.73. The third-order valence-corrected chi connectivity index (χ3v) is 5.05. The Morgan fingerprint density at radius 2 is 2.14 bits per heavy atom. The summed E-state index contributed by atoms with van der Waals surface area (Å²) in [6, 6.07) is 4.58. The van der Waals surface area contributed by atoms with E-state index in [0.29, 0.717) is 10.6 Å². The number of ether oxygens (including phenoxy) is 1. The van der Waals surface area contributed by atoms with Crippen molar-refractivity contribution >= 4 is 45.5 Å². The minimum absolute atomic E-state index is 0.0173. The Labute approximate surface area is 137 Å². The van der Waals surface area contributed by atoms with E-state index in [-0.39, 0.29) is 27.1 Å². The van der Waals surface area contributed by atoms with Crippen LogP contribution in [0.15, 0.2) is 23.1 Å². The molecular weight excluding hydrogens is 348 g/mol. The standard InChI is InChI=1S/C12H13ClN4O3S2/c1-6-7(13)4-3-5-8(6)22(18,19)17-10-11(20-2)16-12(21)9(14)15-10/h3-5H,1-2H3,(H,16,21)(H3,14,15,17). The van der Waals surface area contributed by atoms with Crippen LogP contribution in [0, 0.1) is 11.6 Å². The number of aromatic amines is 1. The molecule has 10 heteroatoms. The average molecular weight is 361 g/mol. The summed E-state index contributed by atoms with van der Waals surface area (Å²) in [7, 11) is -2.57. The third-order valence-electron chi connectivity index (χ3n) is 2.85. The number of H-pyrrole nitrogens is 1. The molecule has 0 atom stereocenters. The van der Waals surface area contributed by atoms with Crippen molar-refractivity contribution in [3.05, 3.63) is 33.4 Å². The minimum atomic E-state index is -3.92. The van der Waals surface area contributed by atoms with E-state index in [0.717, 1.165) is 0 Å². The van der Waals surface area contributed by atoms with E-state index < -0.39 is 10.0 Å². The molecule has 0 saturated carbocycles. The number of hydrogen-bond donors (Lipinski definition) is 3. The Hall–Kier alpha value is -1.84. The lowest BCUT2D eigenvalue weighted by molar-refractivity contribution is 0.398. The SMILES string of the molecule is COc1[nH]c(=S)c(N)nc1NS(=O)(=O)c1cccc(Cl)c1C. The minimum Gasteiger partial charge on any atom is -0.480 e. The maximum atomic E-state index is 12.5. The van der Waals surface area contributed by atoms with Gasteiger partial charge in [0.2, 0.25) is 11.7 Å². The summed E-state index contributed by atoms with van der Waals surface area (Å²) < 4.78 is 32.5. The van der Waals surface area contributed by atoms with Gasteiger partial charge in [-0.3, -0.25) is 4.72 Å². The molecule has 0 bridgehead atoms. The Morgan fingerprint density at radius 3 is 2.77 bits per heavy atom. The number of nitrogen functional groups attached to an aromatic ring is 1. The fourth-order valence-corrected chi connectivity index (χ4v) is 3.37. The molecule has 0 radical (unpaired) electrons. The maximum Gasteiger partial charge on any atom is 0.263 e. The number of anilines is 2. The van der Waals surface area contributed by atoms with E-state index in [1.54, 1.807) is 19.1 Å². The predicted octanol–water partition coefficient (Wildman–Crippen LogP) is 2.49. The van der Waals surface area contributed by atoms with Gasteiger partial charge in [-0.25, -0.2) is 13.4 Å². The van der Waals surface area contributed by atoms with E-state index in [1.807, 2.05) is 0 Å². The number of sulfonamides is 1. The van der Waals surface area contributed by atoms with Crippen LogP contribution >= 0.6 is 23.8 Å². The Kier molecular flexibility index (Phi) is 4.59. The van der Waals surface area contributed by atoms with Crippen molar-refractivity contribution in [1.29, 1.82) is 0 Å². The fraction of sp³-hybridized carbons (Fsp3) is 0.167. The highest BCUT2D eigenvalue weighted by atomic mass is 35.5. The summed E-state index contributed by atoms with van der Waals surface area (Å²) >= 11 is 10.9. The molecule has 2 rings (SSSR count). The van der Waals surface area contributed by atoms with E-state index >= 15 is 0 Å². The van der Waals surface area contributed by atoms with Crippen LogP contribution in [0.2, 0.25) is 5.02 Å². The van der Waals surface area contributed by atoms with Gasteiger partial charge in [-0.1, -0.05) is 29.9 Å². The number of aromatic nitrogens is 2. The third kappa shape index (κ3) is 3.16. The summed E-state index contributed by atoms with van der Waals surface area (Å²) in [5.41, 5.74) is 6.02. The zero-order chi connectivity index (χ0) is 16.5. The molecule has 0 saturated heterocycles. The van der Waals surface area contributed by atoms with Gasteiger partial charge < -0.3 is 15.5 Å². The lowest BCUT2D eigenvalue weighted by Crippen LogP contribution is -2.17. The first kappa shape index (κ1) is 16.5. The first-order valence-electron chi connectivity index (χ1n) is 5.98. The van der Waals surface area contributed by atoms with Crippen LogP contribution in [0.4, 0.5) is 11.6 Å². The van der Waals surface area contributed by atoms with Gasteiger partial charge in [-0.05, 0) is 24.6 Å². The molecule has 0 spiro atoms. The highest BCUT2D eigenvalue weighted by Crippen LogP contribution is 2.27. The number of nitrogens with one attached hydrogen (secondary N) is 2. The normalized spacial score (nSPS) is 11.2. The van der Waals surface area contributed by atoms with Crippen molar-refractivity contribution in [3.8, 4) is 5.88 Å². The summed E-state index contributed by atoms with van der Waals surface area (Å²) in [4.78, 5) is 6.58. The van der Waals surface area contributed by atoms with Gasteiger partial charge in [0, 0.05) is 5.02 Å². The van der Waals surface area contributed by atoms with Crippen molar-refractivity contribution in [3.63, 3.8) is 0 Å². The number of benzene rings is 1. The van der Waals surface area contributed by atoms with Gasteiger partial charge in [-0.2, -0.15) is 0 Å². The molecule has 22 heavy (non-hydrogen) atoms. The number of rotatable bonds is 4. The molecule has 1 aromatic heterocycles. The summed E-state index contributed by atoms with van der Waals surface area (Å²) in [6.07, 6.45) is 0. The van der Waals surface area contributed by atoms with E-state index in [9.17, 15) is 8.42 Å². The molecule has 0 fully saturated rings. The van der Waals surface area contributed by atoms with Crippen LogP contribution in [-0.2, 0) is 10.0 Å². The smallest absolute Gasteiger partial charge is 0.263 e. The van der Waals surface area contributed by atoms with Gasteiger partial charge in [0.1, 0.15) is 4.64 Å². The molecule has 4 N–H and O–H groups in total. The van der Waals surface area contributed by atoms with Gasteiger partial charge in [0.05, 0.1) is 12.0 Å². The van der Waals surface area contributed by atoms with Gasteiger partial charge >= 0.3 is 0 Å². The average Bonchev–Trinajstić information content (AvgIpc) is 2.45. The van der Waals surface area contributed by atoms with Crippen LogP contribution < -0.4 is 15.2 Å². The topological polar surface area (TPSA) is 110 Å². The zero-order valence-electron chi connectivity index (χ0n) is 11.7. The Morgan fingerprint density at radius 1 is 1.45 bits per heavy atom. The van der Waals surface area contributed by atoms with Crippen LogP contribution in [0.25, 0.3) is 0 Å². The van der Waals surface area contributed by atoms with E-state index in [2.05, 4.69) is 14.7 Å². The number of nitrogens with zero attached hydrogens (tertiary/aromatic N) is 1. The van der Waals surface area contributed by atoms with Crippen molar-refractivity contribution in [1.82, 2.24) is 9.97 Å². The van der Waals surface area contributed by atoms with Gasteiger partial charge in [0.15, 0.2) is 5.82 Å². The highest BCUT2D eigenvalue weighted by Gasteiger charge is 2.21. The van der Waals surface area contributed by atoms with Crippen molar-refractivity contribution in [2.24, 2.45) is 0 Å². The molecule has 1 aromatic carbocycles. The molecule has 7 nitrogen and oxygen atoms in total. The molecule has 0 amide bonds. The molecule has 0 unspecified atom stereocenters. The summed E-state index contributed by atoms with van der Waals surface area (Å²) in [5, 5.41) is 0.342. The largest absolute Gasteiger partial charge is 0.480 e. The molecule has 0 aliphatic carbocycles. The number of methoxy groups -OCH3 is 1. The lowest BCUT2D eigenvalue weighted by Gasteiger charge is -2.13. The van der Waals surface area contributed by atoms with E-state index in [4.69, 9.17) is 34.3 Å². The Bertz CT molecular complexity index is 880. The quantitative estimate of drug-likeness (QED) is 0.722. The van der Waals surface area contributed by atoms with Crippen molar-refractivity contribution < 1.29 is 13.2 Å². The molecular formula is C12H13ClN4O3S2. The number of hydrogen-bond acceptors (Lipinski definition) is 6. The first-order chi connectivity index (χ1) is 10.3. The molecule has 1 heterocycles. The monoisotopic (exact) mass is 360 g/mol. The lowest BCUT2D eigenvalue weighted by atomic mass is 10.2. The zero-order valence-corrected chi connectivity index (χ0v) is 14.1. The highest BCUT2D eigenvalue weighted by molar-refractivity contribution is 7.92. The number of halogens is 1. The second-order valence-electron chi connectivity index (χ2n) is 4.30.